The number of nitrogens with one attached hydrogen (secondary N) is 1. The van der Waals surface area contributed by atoms with Crippen molar-refractivity contribution >= 4 is 40.0 Å². The minimum atomic E-state index is -0.451. The summed E-state index contributed by atoms with van der Waals surface area (Å²) in [6.07, 6.45) is 0. The Morgan fingerprint density at radius 3 is 2.70 bits per heavy atom. The first-order chi connectivity index (χ1) is 12.9. The van der Waals surface area contributed by atoms with Crippen molar-refractivity contribution in [2.45, 2.75) is 24.9 Å². The lowest BCUT2D eigenvalue weighted by atomic mass is 10.2. The van der Waals surface area contributed by atoms with E-state index in [-0.39, 0.29) is 23.4 Å². The number of para-hydroxylation sites is 1. The number of hydrogen-bond acceptors (Lipinski definition) is 8. The highest BCUT2D eigenvalue weighted by Crippen LogP contribution is 2.24. The third-order valence-electron chi connectivity index (χ3n) is 3.45. The predicted molar refractivity (Wildman–Crippen MR) is 108 cm³/mol. The highest BCUT2D eigenvalue weighted by atomic mass is 32.2. The second kappa shape index (κ2) is 8.31. The molecule has 1 aromatic carbocycles. The van der Waals surface area contributed by atoms with E-state index in [9.17, 15) is 9.59 Å². The van der Waals surface area contributed by atoms with Gasteiger partial charge in [0.15, 0.2) is 5.16 Å². The number of thioether (sulfide) groups is 1. The maximum atomic E-state index is 12.2. The van der Waals surface area contributed by atoms with Gasteiger partial charge in [0.05, 0.1) is 5.75 Å². The molecule has 1 amide bonds. The Balaban J connectivity index is 1.75. The summed E-state index contributed by atoms with van der Waals surface area (Å²) in [5, 5.41) is 12.4. The number of anilines is 2. The van der Waals surface area contributed by atoms with Gasteiger partial charge in [-0.3, -0.25) is 19.5 Å². The largest absolute Gasteiger partial charge is 0.385 e. The van der Waals surface area contributed by atoms with E-state index >= 15 is 0 Å². The lowest BCUT2D eigenvalue weighted by Crippen LogP contribution is -2.19. The Morgan fingerprint density at radius 1 is 1.30 bits per heavy atom. The normalized spacial score (nSPS) is 10.9. The number of carbonyl (C=O) groups excluding carboxylic acids is 1. The van der Waals surface area contributed by atoms with Crippen LogP contribution < -0.4 is 16.6 Å². The van der Waals surface area contributed by atoms with E-state index in [0.29, 0.717) is 10.3 Å². The van der Waals surface area contributed by atoms with Crippen molar-refractivity contribution in [1.82, 2.24) is 19.7 Å². The van der Waals surface area contributed by atoms with Crippen LogP contribution in [0.15, 0.2) is 46.3 Å². The van der Waals surface area contributed by atoms with Crippen LogP contribution in [0.4, 0.5) is 10.9 Å². The Morgan fingerprint density at radius 2 is 2.04 bits per heavy atom. The second-order valence-corrected chi connectivity index (χ2v) is 7.86. The van der Waals surface area contributed by atoms with Crippen molar-refractivity contribution in [1.29, 1.82) is 0 Å². The molecule has 0 aliphatic rings. The van der Waals surface area contributed by atoms with Crippen LogP contribution in [0.2, 0.25) is 0 Å². The quantitative estimate of drug-likeness (QED) is 0.481. The molecular formula is C17H18N6O2S2. The topological polar surface area (TPSA) is 116 Å². The average Bonchev–Trinajstić information content (AvgIpc) is 3.09. The number of nitrogens with zero attached hydrogens (tertiary/aromatic N) is 4. The summed E-state index contributed by atoms with van der Waals surface area (Å²) in [6, 6.07) is 10.5. The smallest absolute Gasteiger partial charge is 0.275 e. The number of aromatic nitrogens is 4. The van der Waals surface area contributed by atoms with Crippen LogP contribution in [0.25, 0.3) is 5.69 Å². The Bertz CT molecular complexity index is 1000. The summed E-state index contributed by atoms with van der Waals surface area (Å²) in [5.41, 5.74) is 6.32. The molecule has 3 aromatic rings. The van der Waals surface area contributed by atoms with E-state index in [4.69, 9.17) is 5.73 Å². The summed E-state index contributed by atoms with van der Waals surface area (Å²) >= 11 is 2.47. The van der Waals surface area contributed by atoms with Gasteiger partial charge in [0.2, 0.25) is 11.0 Å². The van der Waals surface area contributed by atoms with Gasteiger partial charge >= 0.3 is 0 Å². The van der Waals surface area contributed by atoms with Crippen LogP contribution in [0.3, 0.4) is 0 Å². The van der Waals surface area contributed by atoms with Gasteiger partial charge in [0, 0.05) is 17.7 Å². The summed E-state index contributed by atoms with van der Waals surface area (Å²) in [5.74, 6) is 0.302. The molecule has 2 aromatic heterocycles. The van der Waals surface area contributed by atoms with Crippen molar-refractivity contribution in [2.24, 2.45) is 0 Å². The van der Waals surface area contributed by atoms with Crippen molar-refractivity contribution in [3.63, 3.8) is 0 Å². The zero-order valence-corrected chi connectivity index (χ0v) is 16.4. The maximum absolute atomic E-state index is 12.2. The summed E-state index contributed by atoms with van der Waals surface area (Å²) in [4.78, 5) is 28.0. The maximum Gasteiger partial charge on any atom is 0.275 e. The van der Waals surface area contributed by atoms with Crippen molar-refractivity contribution < 1.29 is 4.79 Å². The molecule has 0 saturated carbocycles. The number of nitrogens with two attached hydrogens (primary N) is 1. The minimum Gasteiger partial charge on any atom is -0.385 e. The molecule has 0 atom stereocenters. The third kappa shape index (κ3) is 4.72. The predicted octanol–water partition coefficient (Wildman–Crippen LogP) is 2.52. The molecule has 0 unspecified atom stereocenters. The molecule has 140 valence electrons. The third-order valence-corrected chi connectivity index (χ3v) is 5.53. The average molecular weight is 403 g/mol. The molecule has 8 nitrogen and oxygen atoms in total. The second-order valence-electron chi connectivity index (χ2n) is 5.91. The Labute approximate surface area is 163 Å². The van der Waals surface area contributed by atoms with Crippen molar-refractivity contribution in [3.05, 3.63) is 51.8 Å². The molecule has 10 heteroatoms. The van der Waals surface area contributed by atoms with Gasteiger partial charge < -0.3 is 5.73 Å². The molecular weight excluding hydrogens is 384 g/mol. The lowest BCUT2D eigenvalue weighted by Gasteiger charge is -2.14. The van der Waals surface area contributed by atoms with Crippen molar-refractivity contribution in [3.8, 4) is 5.69 Å². The van der Waals surface area contributed by atoms with Crippen LogP contribution in [-0.4, -0.2) is 31.4 Å². The van der Waals surface area contributed by atoms with Gasteiger partial charge in [-0.15, -0.1) is 10.2 Å². The number of rotatable bonds is 6. The minimum absolute atomic E-state index is 0.0549. The van der Waals surface area contributed by atoms with E-state index in [1.807, 2.05) is 44.2 Å². The molecule has 0 aliphatic heterocycles. The molecule has 0 radical (unpaired) electrons. The Kier molecular flexibility index (Phi) is 5.87. The lowest BCUT2D eigenvalue weighted by molar-refractivity contribution is -0.113. The fourth-order valence-electron chi connectivity index (χ4n) is 2.22. The van der Waals surface area contributed by atoms with Gasteiger partial charge in [-0.1, -0.05) is 55.1 Å². The van der Waals surface area contributed by atoms with Gasteiger partial charge in [-0.2, -0.15) is 4.98 Å². The first kappa shape index (κ1) is 19.1. The highest BCUT2D eigenvalue weighted by molar-refractivity contribution is 7.99. The molecule has 0 spiro atoms. The molecule has 0 fully saturated rings. The van der Waals surface area contributed by atoms with E-state index in [1.54, 1.807) is 4.57 Å². The number of amides is 1. The van der Waals surface area contributed by atoms with Crippen LogP contribution in [0.5, 0.6) is 0 Å². The zero-order valence-electron chi connectivity index (χ0n) is 14.7. The van der Waals surface area contributed by atoms with Gasteiger partial charge in [0.25, 0.3) is 5.56 Å². The first-order valence-corrected chi connectivity index (χ1v) is 9.95. The Hall–Kier alpha value is -2.72. The van der Waals surface area contributed by atoms with Crippen LogP contribution >= 0.6 is 23.1 Å². The molecule has 0 aliphatic carbocycles. The molecule has 2 heterocycles. The zero-order chi connectivity index (χ0) is 19.4. The first-order valence-electron chi connectivity index (χ1n) is 8.15. The van der Waals surface area contributed by atoms with Crippen LogP contribution in [-0.2, 0) is 4.79 Å². The van der Waals surface area contributed by atoms with Crippen molar-refractivity contribution in [2.75, 3.05) is 16.8 Å². The standard InChI is InChI=1S/C17H18N6O2S2/c1-10(2)15-21-22-16(27-15)19-14(25)9-26-17-20-13(24)8-12(18)23(17)11-6-4-3-5-7-11/h3-8,10H,9,18H2,1-2H3,(H,19,22,25). The summed E-state index contributed by atoms with van der Waals surface area (Å²) in [7, 11) is 0. The molecule has 3 N–H and O–H groups in total. The number of nitrogen functional groups attached to an aromatic ring is 1. The fourth-order valence-corrected chi connectivity index (χ4v) is 3.80. The van der Waals surface area contributed by atoms with Gasteiger partial charge in [-0.05, 0) is 12.1 Å². The van der Waals surface area contributed by atoms with Gasteiger partial charge in [-0.25, -0.2) is 0 Å². The number of benzene rings is 1. The number of carbonyl (C=O) groups is 1. The van der Waals surface area contributed by atoms with E-state index in [0.717, 1.165) is 22.5 Å². The molecule has 0 saturated heterocycles. The number of hydrogen-bond donors (Lipinski definition) is 2. The molecule has 0 bridgehead atoms. The van der Waals surface area contributed by atoms with E-state index < -0.39 is 5.56 Å². The van der Waals surface area contributed by atoms with Crippen LogP contribution in [0, 0.1) is 0 Å². The molecule has 3 rings (SSSR count). The van der Waals surface area contributed by atoms with Gasteiger partial charge in [0.1, 0.15) is 10.8 Å². The van der Waals surface area contributed by atoms with Crippen LogP contribution in [0.1, 0.15) is 24.8 Å². The summed E-state index contributed by atoms with van der Waals surface area (Å²) < 4.78 is 1.64. The molecule has 27 heavy (non-hydrogen) atoms. The SMILES string of the molecule is CC(C)c1nnc(NC(=O)CSc2nc(=O)cc(N)n2-c2ccccc2)s1. The monoisotopic (exact) mass is 402 g/mol. The van der Waals surface area contributed by atoms with E-state index in [2.05, 4.69) is 20.5 Å². The summed E-state index contributed by atoms with van der Waals surface area (Å²) in [6.45, 7) is 4.02. The highest BCUT2D eigenvalue weighted by Gasteiger charge is 2.14. The fraction of sp³-hybridized carbons (Fsp3) is 0.235. The van der Waals surface area contributed by atoms with E-state index in [1.165, 1.54) is 17.4 Å².